The number of nitrogens with zero attached hydrogens (tertiary/aromatic N) is 5. The van der Waals surface area contributed by atoms with Gasteiger partial charge in [-0.1, -0.05) is 30.0 Å². The third-order valence-electron chi connectivity index (χ3n) is 5.06. The molecule has 0 aliphatic heterocycles. The zero-order valence-electron chi connectivity index (χ0n) is 17.6. The maximum Gasteiger partial charge on any atom is 0.328 e. The van der Waals surface area contributed by atoms with Crippen molar-refractivity contribution in [2.24, 2.45) is 14.1 Å². The van der Waals surface area contributed by atoms with Gasteiger partial charge in [0.05, 0.1) is 22.3 Å². The normalized spacial score (nSPS) is 11.1. The standard InChI is InChI=1S/C22H22N6O3S/c1-4-11-28-20(15-7-5-6-8-18(15)29)24-25-21(28)32-13-19(30)23-14-9-10-16-17(12-14)27(3)22(31)26(16)2/h4-10,12,29H,1,11,13H2,2-3H3,(H,23,30). The Morgan fingerprint density at radius 2 is 1.91 bits per heavy atom. The van der Waals surface area contributed by atoms with E-state index < -0.39 is 0 Å². The van der Waals surface area contributed by atoms with Crippen molar-refractivity contribution >= 4 is 34.4 Å². The molecule has 32 heavy (non-hydrogen) atoms. The highest BCUT2D eigenvalue weighted by Crippen LogP contribution is 2.30. The number of fused-ring (bicyclic) bond motifs is 1. The molecule has 9 nitrogen and oxygen atoms in total. The molecule has 2 heterocycles. The molecule has 0 radical (unpaired) electrons. The quantitative estimate of drug-likeness (QED) is 0.331. The number of rotatable bonds is 7. The van der Waals surface area contributed by atoms with Gasteiger partial charge in [-0.05, 0) is 30.3 Å². The number of aromatic hydroxyl groups is 1. The fourth-order valence-electron chi connectivity index (χ4n) is 3.46. The van der Waals surface area contributed by atoms with Crippen LogP contribution >= 0.6 is 11.8 Å². The number of aromatic nitrogens is 5. The van der Waals surface area contributed by atoms with Gasteiger partial charge in [0.1, 0.15) is 5.75 Å². The van der Waals surface area contributed by atoms with E-state index >= 15 is 0 Å². The molecule has 0 unspecified atom stereocenters. The number of benzene rings is 2. The predicted octanol–water partition coefficient (Wildman–Crippen LogP) is 2.76. The van der Waals surface area contributed by atoms with Crippen LogP contribution < -0.4 is 11.0 Å². The summed E-state index contributed by atoms with van der Waals surface area (Å²) in [7, 11) is 3.41. The van der Waals surface area contributed by atoms with Gasteiger partial charge in [0.2, 0.25) is 5.91 Å². The van der Waals surface area contributed by atoms with Crippen molar-refractivity contribution < 1.29 is 9.90 Å². The first-order chi connectivity index (χ1) is 15.4. The Morgan fingerprint density at radius 3 is 2.66 bits per heavy atom. The molecule has 4 rings (SSSR count). The van der Waals surface area contributed by atoms with Crippen LogP contribution in [0.1, 0.15) is 0 Å². The van der Waals surface area contributed by atoms with E-state index in [-0.39, 0.29) is 23.1 Å². The van der Waals surface area contributed by atoms with Crippen molar-refractivity contribution in [3.8, 4) is 17.1 Å². The molecule has 0 spiro atoms. The van der Waals surface area contributed by atoms with Crippen LogP contribution in [0.4, 0.5) is 5.69 Å². The molecule has 0 fully saturated rings. The maximum atomic E-state index is 12.6. The van der Waals surface area contributed by atoms with Crippen LogP contribution in [-0.4, -0.2) is 40.7 Å². The number of imidazole rings is 1. The average molecular weight is 451 g/mol. The second kappa shape index (κ2) is 8.75. The summed E-state index contributed by atoms with van der Waals surface area (Å²) in [6.45, 7) is 4.20. The Labute approximate surface area is 188 Å². The monoisotopic (exact) mass is 450 g/mol. The van der Waals surface area contributed by atoms with Gasteiger partial charge in [-0.3, -0.25) is 18.5 Å². The molecule has 2 N–H and O–H groups in total. The molecule has 1 amide bonds. The summed E-state index contributed by atoms with van der Waals surface area (Å²) >= 11 is 1.24. The molecule has 164 valence electrons. The fourth-order valence-corrected chi connectivity index (χ4v) is 4.21. The molecule has 0 saturated carbocycles. The minimum Gasteiger partial charge on any atom is -0.507 e. The number of amides is 1. The van der Waals surface area contributed by atoms with Crippen LogP contribution in [0.2, 0.25) is 0 Å². The Morgan fingerprint density at radius 1 is 1.16 bits per heavy atom. The highest BCUT2D eigenvalue weighted by Gasteiger charge is 2.17. The van der Waals surface area contributed by atoms with Gasteiger partial charge in [0.25, 0.3) is 0 Å². The number of nitrogens with one attached hydrogen (secondary N) is 1. The van der Waals surface area contributed by atoms with E-state index in [1.165, 1.54) is 16.3 Å². The highest BCUT2D eigenvalue weighted by molar-refractivity contribution is 7.99. The topological polar surface area (TPSA) is 107 Å². The summed E-state index contributed by atoms with van der Waals surface area (Å²) in [6.07, 6.45) is 1.70. The first-order valence-electron chi connectivity index (χ1n) is 9.81. The van der Waals surface area contributed by atoms with Gasteiger partial charge in [0, 0.05) is 26.3 Å². The van der Waals surface area contributed by atoms with E-state index in [0.717, 1.165) is 11.0 Å². The molecule has 0 atom stereocenters. The smallest absolute Gasteiger partial charge is 0.328 e. The largest absolute Gasteiger partial charge is 0.507 e. The number of allylic oxidation sites excluding steroid dienone is 1. The summed E-state index contributed by atoms with van der Waals surface area (Å²) in [5.41, 5.74) is 2.56. The van der Waals surface area contributed by atoms with E-state index in [4.69, 9.17) is 0 Å². The lowest BCUT2D eigenvalue weighted by Crippen LogP contribution is -2.19. The zero-order chi connectivity index (χ0) is 22.8. The summed E-state index contributed by atoms with van der Waals surface area (Å²) < 4.78 is 4.90. The van der Waals surface area contributed by atoms with Gasteiger partial charge in [0.15, 0.2) is 11.0 Å². The minimum atomic E-state index is -0.215. The highest BCUT2D eigenvalue weighted by atomic mass is 32.2. The van der Waals surface area contributed by atoms with Crippen LogP contribution in [0, 0.1) is 0 Å². The Hall–Kier alpha value is -3.79. The van der Waals surface area contributed by atoms with Gasteiger partial charge >= 0.3 is 5.69 Å². The van der Waals surface area contributed by atoms with Crippen LogP contribution in [0.15, 0.2) is 65.1 Å². The van der Waals surface area contributed by atoms with Gasteiger partial charge in [-0.2, -0.15) is 0 Å². The van der Waals surface area contributed by atoms with E-state index in [9.17, 15) is 14.7 Å². The molecule has 0 aliphatic rings. The van der Waals surface area contributed by atoms with E-state index in [1.54, 1.807) is 65.7 Å². The number of anilines is 1. The lowest BCUT2D eigenvalue weighted by atomic mass is 10.2. The lowest BCUT2D eigenvalue weighted by molar-refractivity contribution is -0.113. The van der Waals surface area contributed by atoms with Crippen LogP contribution in [0.3, 0.4) is 0 Å². The third kappa shape index (κ3) is 3.92. The molecule has 0 aliphatic carbocycles. The number of carbonyl (C=O) groups is 1. The molecular weight excluding hydrogens is 428 g/mol. The first-order valence-corrected chi connectivity index (χ1v) is 10.8. The van der Waals surface area contributed by atoms with Crippen molar-refractivity contribution in [1.82, 2.24) is 23.9 Å². The van der Waals surface area contributed by atoms with Crippen molar-refractivity contribution in [3.63, 3.8) is 0 Å². The summed E-state index contributed by atoms with van der Waals surface area (Å²) in [4.78, 5) is 24.6. The number of aryl methyl sites for hydroxylation is 2. The summed E-state index contributed by atoms with van der Waals surface area (Å²) in [5, 5.41) is 22.0. The summed E-state index contributed by atoms with van der Waals surface area (Å²) in [5.74, 6) is 0.501. The average Bonchev–Trinajstić information content (AvgIpc) is 3.27. The molecule has 10 heteroatoms. The molecule has 2 aromatic heterocycles. The van der Waals surface area contributed by atoms with Crippen LogP contribution in [0.5, 0.6) is 5.75 Å². The molecule has 2 aromatic carbocycles. The number of phenols is 1. The molecular formula is C22H22N6O3S. The molecule has 0 bridgehead atoms. The Balaban J connectivity index is 1.50. The SMILES string of the molecule is C=CCn1c(SCC(=O)Nc2ccc3c(c2)n(C)c(=O)n3C)nnc1-c1ccccc1O. The lowest BCUT2D eigenvalue weighted by Gasteiger charge is -2.09. The van der Waals surface area contributed by atoms with E-state index in [1.807, 2.05) is 6.07 Å². The summed E-state index contributed by atoms with van der Waals surface area (Å²) in [6, 6.07) is 12.2. The van der Waals surface area contributed by atoms with Crippen molar-refractivity contribution in [1.29, 1.82) is 0 Å². The number of hydrogen-bond acceptors (Lipinski definition) is 6. The fraction of sp³-hybridized carbons (Fsp3) is 0.182. The Kier molecular flexibility index (Phi) is 5.87. The van der Waals surface area contributed by atoms with E-state index in [0.29, 0.717) is 28.8 Å². The third-order valence-corrected chi connectivity index (χ3v) is 6.03. The number of hydrogen-bond donors (Lipinski definition) is 2. The maximum absolute atomic E-state index is 12.6. The van der Waals surface area contributed by atoms with Crippen LogP contribution in [-0.2, 0) is 25.4 Å². The number of para-hydroxylation sites is 1. The second-order valence-corrected chi connectivity index (χ2v) is 8.11. The van der Waals surface area contributed by atoms with Crippen molar-refractivity contribution in [3.05, 3.63) is 65.6 Å². The molecule has 0 saturated heterocycles. The van der Waals surface area contributed by atoms with Gasteiger partial charge in [-0.15, -0.1) is 16.8 Å². The Bertz CT molecular complexity index is 1380. The van der Waals surface area contributed by atoms with Crippen molar-refractivity contribution in [2.75, 3.05) is 11.1 Å². The zero-order valence-corrected chi connectivity index (χ0v) is 18.5. The predicted molar refractivity (Wildman–Crippen MR) is 125 cm³/mol. The number of thioether (sulfide) groups is 1. The van der Waals surface area contributed by atoms with Crippen molar-refractivity contribution in [2.45, 2.75) is 11.7 Å². The first kappa shape index (κ1) is 21.4. The number of phenolic OH excluding ortho intramolecular Hbond substituents is 1. The van der Waals surface area contributed by atoms with Gasteiger partial charge < -0.3 is 10.4 Å². The molecule has 4 aromatic rings. The van der Waals surface area contributed by atoms with Gasteiger partial charge in [-0.25, -0.2) is 4.79 Å². The number of carbonyl (C=O) groups excluding carboxylic acids is 1. The minimum absolute atomic E-state index is 0.102. The van der Waals surface area contributed by atoms with Crippen LogP contribution in [0.25, 0.3) is 22.4 Å². The van der Waals surface area contributed by atoms with E-state index in [2.05, 4.69) is 22.1 Å². The second-order valence-electron chi connectivity index (χ2n) is 7.16.